The van der Waals surface area contributed by atoms with Gasteiger partial charge in [0.1, 0.15) is 11.5 Å². The normalized spacial score (nSPS) is 11.1. The van der Waals surface area contributed by atoms with Crippen LogP contribution in [0.1, 0.15) is 21.7 Å². The van der Waals surface area contributed by atoms with Crippen molar-refractivity contribution in [3.63, 3.8) is 0 Å². The number of aryl methyl sites for hydroxylation is 1. The van der Waals surface area contributed by atoms with Gasteiger partial charge < -0.3 is 15.1 Å². The topological polar surface area (TPSA) is 71.3 Å². The number of thioether (sulfide) groups is 1. The summed E-state index contributed by atoms with van der Waals surface area (Å²) in [6.45, 7) is 1.85. The molecule has 2 N–H and O–H groups in total. The summed E-state index contributed by atoms with van der Waals surface area (Å²) in [5.41, 5.74) is 2.07. The van der Waals surface area contributed by atoms with E-state index in [1.165, 1.54) is 12.3 Å². The lowest BCUT2D eigenvalue weighted by Crippen LogP contribution is -2.31. The van der Waals surface area contributed by atoms with Crippen molar-refractivity contribution in [2.45, 2.75) is 11.8 Å². The molecule has 0 saturated carbocycles. The standard InChI is InChI=1S/C22H20N2O3S/c1-15-7-3-4-11-19(15)21(25)24-20(14-17-9-6-12-27-17)22(26)23-16-8-5-10-18(13-16)28-2/h3-14H,1-2H3,(H,23,26)(H,24,25)/b20-14-. The molecule has 6 heteroatoms. The molecule has 0 atom stereocenters. The lowest BCUT2D eigenvalue weighted by atomic mass is 10.1. The first-order valence-corrected chi connectivity index (χ1v) is 9.87. The second kappa shape index (κ2) is 9.10. The fourth-order valence-electron chi connectivity index (χ4n) is 2.59. The van der Waals surface area contributed by atoms with E-state index in [9.17, 15) is 9.59 Å². The van der Waals surface area contributed by atoms with Crippen LogP contribution in [0.25, 0.3) is 6.08 Å². The van der Waals surface area contributed by atoms with Crippen LogP contribution in [0, 0.1) is 6.92 Å². The summed E-state index contributed by atoms with van der Waals surface area (Å²) < 4.78 is 5.30. The first-order valence-electron chi connectivity index (χ1n) is 8.64. The largest absolute Gasteiger partial charge is 0.465 e. The third-order valence-electron chi connectivity index (χ3n) is 4.04. The summed E-state index contributed by atoms with van der Waals surface area (Å²) in [5, 5.41) is 5.53. The van der Waals surface area contributed by atoms with Gasteiger partial charge in [0.25, 0.3) is 11.8 Å². The molecule has 2 aromatic carbocycles. The van der Waals surface area contributed by atoms with Gasteiger partial charge in [-0.2, -0.15) is 0 Å². The van der Waals surface area contributed by atoms with Gasteiger partial charge in [-0.15, -0.1) is 11.8 Å². The third-order valence-corrected chi connectivity index (χ3v) is 4.77. The van der Waals surface area contributed by atoms with Gasteiger partial charge in [0.15, 0.2) is 0 Å². The Hall–Kier alpha value is -3.25. The Bertz CT molecular complexity index is 1010. The van der Waals surface area contributed by atoms with Crippen LogP contribution in [0.5, 0.6) is 0 Å². The van der Waals surface area contributed by atoms with E-state index in [2.05, 4.69) is 10.6 Å². The highest BCUT2D eigenvalue weighted by Gasteiger charge is 2.17. The Morgan fingerprint density at radius 3 is 2.57 bits per heavy atom. The zero-order valence-electron chi connectivity index (χ0n) is 15.6. The van der Waals surface area contributed by atoms with Gasteiger partial charge in [-0.3, -0.25) is 9.59 Å². The van der Waals surface area contributed by atoms with Gasteiger partial charge in [-0.05, 0) is 55.1 Å². The number of furan rings is 1. The van der Waals surface area contributed by atoms with Crippen molar-refractivity contribution in [2.75, 3.05) is 11.6 Å². The minimum atomic E-state index is -0.434. The minimum Gasteiger partial charge on any atom is -0.465 e. The highest BCUT2D eigenvalue weighted by molar-refractivity contribution is 7.98. The molecule has 3 aromatic rings. The van der Waals surface area contributed by atoms with Crippen molar-refractivity contribution in [1.29, 1.82) is 0 Å². The van der Waals surface area contributed by atoms with Crippen molar-refractivity contribution in [1.82, 2.24) is 5.32 Å². The summed E-state index contributed by atoms with van der Waals surface area (Å²) >= 11 is 1.58. The van der Waals surface area contributed by atoms with Crippen molar-refractivity contribution < 1.29 is 14.0 Å². The van der Waals surface area contributed by atoms with Crippen molar-refractivity contribution in [3.8, 4) is 0 Å². The van der Waals surface area contributed by atoms with Crippen LogP contribution in [-0.2, 0) is 4.79 Å². The molecule has 0 saturated heterocycles. The molecular weight excluding hydrogens is 372 g/mol. The molecule has 0 unspecified atom stereocenters. The van der Waals surface area contributed by atoms with Crippen molar-refractivity contribution in [2.24, 2.45) is 0 Å². The molecule has 0 aliphatic carbocycles. The van der Waals surface area contributed by atoms with Crippen LogP contribution >= 0.6 is 11.8 Å². The molecule has 0 aliphatic heterocycles. The molecule has 2 amide bonds. The maximum atomic E-state index is 12.8. The average molecular weight is 392 g/mol. The SMILES string of the molecule is CSc1cccc(NC(=O)/C(=C/c2ccco2)NC(=O)c2ccccc2C)c1. The molecule has 0 fully saturated rings. The number of carbonyl (C=O) groups excluding carboxylic acids is 2. The molecule has 0 spiro atoms. The quantitative estimate of drug-likeness (QED) is 0.470. The predicted molar refractivity (Wildman–Crippen MR) is 112 cm³/mol. The Labute approximate surface area is 167 Å². The summed E-state index contributed by atoms with van der Waals surface area (Å²) in [5.74, 6) is -0.325. The van der Waals surface area contributed by atoms with E-state index >= 15 is 0 Å². The molecular formula is C22H20N2O3S. The second-order valence-corrected chi connectivity index (χ2v) is 6.91. The molecule has 0 radical (unpaired) electrons. The first-order chi connectivity index (χ1) is 13.6. The van der Waals surface area contributed by atoms with Crippen LogP contribution in [0.3, 0.4) is 0 Å². The molecule has 3 rings (SSSR count). The maximum absolute atomic E-state index is 12.8. The summed E-state index contributed by atoms with van der Waals surface area (Å²) in [4.78, 5) is 26.6. The van der Waals surface area contributed by atoms with E-state index in [-0.39, 0.29) is 11.6 Å². The second-order valence-electron chi connectivity index (χ2n) is 6.03. The van der Waals surface area contributed by atoms with Gasteiger partial charge in [-0.1, -0.05) is 24.3 Å². The Balaban J connectivity index is 1.85. The highest BCUT2D eigenvalue weighted by atomic mass is 32.2. The van der Waals surface area contributed by atoms with E-state index in [4.69, 9.17) is 4.42 Å². The Morgan fingerprint density at radius 2 is 1.86 bits per heavy atom. The van der Waals surface area contributed by atoms with Gasteiger partial charge in [0, 0.05) is 22.2 Å². The van der Waals surface area contributed by atoms with Crippen LogP contribution in [-0.4, -0.2) is 18.1 Å². The third kappa shape index (κ3) is 4.92. The zero-order valence-corrected chi connectivity index (χ0v) is 16.4. The molecule has 142 valence electrons. The lowest BCUT2D eigenvalue weighted by molar-refractivity contribution is -0.113. The summed E-state index contributed by atoms with van der Waals surface area (Å²) in [6.07, 6.45) is 4.97. The Morgan fingerprint density at radius 1 is 1.04 bits per heavy atom. The number of nitrogens with one attached hydrogen (secondary N) is 2. The smallest absolute Gasteiger partial charge is 0.272 e. The van der Waals surface area contributed by atoms with Gasteiger partial charge in [-0.25, -0.2) is 0 Å². The molecule has 0 bridgehead atoms. The van der Waals surface area contributed by atoms with Crippen LogP contribution in [0.4, 0.5) is 5.69 Å². The number of rotatable bonds is 6. The van der Waals surface area contributed by atoms with Crippen LogP contribution in [0.2, 0.25) is 0 Å². The lowest BCUT2D eigenvalue weighted by Gasteiger charge is -2.12. The average Bonchev–Trinajstić information content (AvgIpc) is 3.21. The zero-order chi connectivity index (χ0) is 19.9. The minimum absolute atomic E-state index is 0.0951. The van der Waals surface area contributed by atoms with E-state index < -0.39 is 5.91 Å². The number of amides is 2. The fraction of sp³-hybridized carbons (Fsp3) is 0.0909. The van der Waals surface area contributed by atoms with Crippen LogP contribution < -0.4 is 10.6 Å². The van der Waals surface area contributed by atoms with Gasteiger partial charge in [0.05, 0.1) is 6.26 Å². The van der Waals surface area contributed by atoms with E-state index in [0.29, 0.717) is 17.0 Å². The van der Waals surface area contributed by atoms with Crippen LogP contribution in [0.15, 0.2) is 81.9 Å². The highest BCUT2D eigenvalue weighted by Crippen LogP contribution is 2.20. The number of hydrogen-bond donors (Lipinski definition) is 2. The molecule has 0 aliphatic rings. The fourth-order valence-corrected chi connectivity index (χ4v) is 3.05. The monoisotopic (exact) mass is 392 g/mol. The molecule has 5 nitrogen and oxygen atoms in total. The summed E-state index contributed by atoms with van der Waals surface area (Å²) in [7, 11) is 0. The summed E-state index contributed by atoms with van der Waals surface area (Å²) in [6, 6.07) is 18.1. The number of carbonyl (C=O) groups is 2. The Kier molecular flexibility index (Phi) is 6.34. The first kappa shape index (κ1) is 19.5. The molecule has 28 heavy (non-hydrogen) atoms. The van der Waals surface area contributed by atoms with E-state index in [0.717, 1.165) is 10.5 Å². The maximum Gasteiger partial charge on any atom is 0.272 e. The molecule has 1 heterocycles. The number of anilines is 1. The van der Waals surface area contributed by atoms with Gasteiger partial charge >= 0.3 is 0 Å². The van der Waals surface area contributed by atoms with Crippen molar-refractivity contribution >= 4 is 35.3 Å². The predicted octanol–water partition coefficient (Wildman–Crippen LogP) is 4.72. The van der Waals surface area contributed by atoms with E-state index in [1.54, 1.807) is 42.1 Å². The van der Waals surface area contributed by atoms with E-state index in [1.807, 2.05) is 43.5 Å². The number of benzene rings is 2. The molecule has 1 aromatic heterocycles. The number of hydrogen-bond acceptors (Lipinski definition) is 4. The van der Waals surface area contributed by atoms with Crippen molar-refractivity contribution in [3.05, 3.63) is 89.5 Å². The van der Waals surface area contributed by atoms with Gasteiger partial charge in [0.2, 0.25) is 0 Å².